The molecule has 0 aliphatic carbocycles. The van der Waals surface area contributed by atoms with Crippen molar-refractivity contribution in [2.75, 3.05) is 5.32 Å². The van der Waals surface area contributed by atoms with E-state index < -0.39 is 0 Å². The molecule has 2 rings (SSSR count). The Morgan fingerprint density at radius 1 is 1.43 bits per heavy atom. The minimum Gasteiger partial charge on any atom is -0.359 e. The van der Waals surface area contributed by atoms with E-state index in [0.29, 0.717) is 0 Å². The number of hydrogen-bond acceptors (Lipinski definition) is 1. The van der Waals surface area contributed by atoms with E-state index in [4.69, 9.17) is 0 Å². The van der Waals surface area contributed by atoms with Gasteiger partial charge in [-0.05, 0) is 18.2 Å². The molecule has 1 heterocycles. The third-order valence-corrected chi connectivity index (χ3v) is 2.67. The van der Waals surface area contributed by atoms with Crippen molar-refractivity contribution in [3.8, 4) is 0 Å². The average molecular weight is 253 g/mol. The Morgan fingerprint density at radius 2 is 2.21 bits per heavy atom. The van der Waals surface area contributed by atoms with Gasteiger partial charge in [0.05, 0.1) is 11.2 Å². The van der Waals surface area contributed by atoms with Gasteiger partial charge in [0.15, 0.2) is 0 Å². The lowest BCUT2D eigenvalue weighted by Gasteiger charge is -2.04. The highest BCUT2D eigenvalue weighted by molar-refractivity contribution is 9.10. The first kappa shape index (κ1) is 9.27. The predicted molar refractivity (Wildman–Crippen MR) is 60.3 cm³/mol. The van der Waals surface area contributed by atoms with Crippen molar-refractivity contribution in [1.82, 2.24) is 4.98 Å². The molecule has 14 heavy (non-hydrogen) atoms. The van der Waals surface area contributed by atoms with E-state index in [2.05, 4.69) is 26.2 Å². The van der Waals surface area contributed by atoms with Crippen LogP contribution in [-0.4, -0.2) is 10.9 Å². The number of rotatable bonds is 1. The van der Waals surface area contributed by atoms with Crippen LogP contribution in [0, 0.1) is 0 Å². The van der Waals surface area contributed by atoms with E-state index in [0.717, 1.165) is 21.1 Å². The fraction of sp³-hybridized carbons (Fsp3) is 0.100. The predicted octanol–water partition coefficient (Wildman–Crippen LogP) is 2.89. The summed E-state index contributed by atoms with van der Waals surface area (Å²) in [5.41, 5.74) is 1.75. The molecule has 0 fully saturated rings. The number of benzene rings is 1. The highest BCUT2D eigenvalue weighted by Crippen LogP contribution is 2.28. The number of anilines is 1. The van der Waals surface area contributed by atoms with E-state index in [1.54, 1.807) is 0 Å². The maximum Gasteiger partial charge on any atom is 0.221 e. The van der Waals surface area contributed by atoms with Crippen LogP contribution in [0.2, 0.25) is 0 Å². The summed E-state index contributed by atoms with van der Waals surface area (Å²) in [5.74, 6) is -0.0665. The standard InChI is InChI=1S/C10H9BrN2O/c1-6(14)13-9-3-2-8(11)7-4-5-12-10(7)9/h2-5,12H,1H3,(H,13,14). The molecule has 0 aliphatic heterocycles. The monoisotopic (exact) mass is 252 g/mol. The van der Waals surface area contributed by atoms with Gasteiger partial charge in [-0.1, -0.05) is 15.9 Å². The zero-order chi connectivity index (χ0) is 10.1. The van der Waals surface area contributed by atoms with Gasteiger partial charge in [0, 0.05) is 23.0 Å². The Labute approximate surface area is 89.6 Å². The fourth-order valence-corrected chi connectivity index (χ4v) is 1.88. The topological polar surface area (TPSA) is 44.9 Å². The molecule has 2 aromatic rings. The van der Waals surface area contributed by atoms with Crippen LogP contribution in [-0.2, 0) is 4.79 Å². The van der Waals surface area contributed by atoms with Crippen molar-refractivity contribution in [3.63, 3.8) is 0 Å². The molecule has 3 nitrogen and oxygen atoms in total. The Hall–Kier alpha value is -1.29. The minimum atomic E-state index is -0.0665. The van der Waals surface area contributed by atoms with Gasteiger partial charge in [0.1, 0.15) is 0 Å². The number of hydrogen-bond donors (Lipinski definition) is 2. The van der Waals surface area contributed by atoms with Gasteiger partial charge >= 0.3 is 0 Å². The molecule has 0 saturated carbocycles. The van der Waals surface area contributed by atoms with Crippen LogP contribution in [0.5, 0.6) is 0 Å². The molecule has 72 valence electrons. The van der Waals surface area contributed by atoms with E-state index >= 15 is 0 Å². The Bertz CT molecular complexity index is 490. The molecule has 0 aliphatic rings. The average Bonchev–Trinajstić information content (AvgIpc) is 2.58. The second kappa shape index (κ2) is 3.46. The lowest BCUT2D eigenvalue weighted by Crippen LogP contribution is -2.05. The number of halogens is 1. The minimum absolute atomic E-state index is 0.0665. The molecule has 1 aromatic heterocycles. The molecule has 2 N–H and O–H groups in total. The number of H-pyrrole nitrogens is 1. The van der Waals surface area contributed by atoms with Crippen molar-refractivity contribution in [2.45, 2.75) is 6.92 Å². The van der Waals surface area contributed by atoms with Crippen LogP contribution >= 0.6 is 15.9 Å². The first-order valence-electron chi connectivity index (χ1n) is 4.21. The molecule has 0 saturated heterocycles. The van der Waals surface area contributed by atoms with E-state index in [1.807, 2.05) is 24.4 Å². The molecule has 0 radical (unpaired) electrons. The van der Waals surface area contributed by atoms with Crippen LogP contribution in [0.3, 0.4) is 0 Å². The van der Waals surface area contributed by atoms with Crippen LogP contribution in [0.15, 0.2) is 28.9 Å². The lowest BCUT2D eigenvalue weighted by atomic mass is 10.2. The number of fused-ring (bicyclic) bond motifs is 1. The van der Waals surface area contributed by atoms with Gasteiger partial charge in [-0.15, -0.1) is 0 Å². The Morgan fingerprint density at radius 3 is 2.93 bits per heavy atom. The number of carbonyl (C=O) groups excluding carboxylic acids is 1. The molecule has 0 unspecified atom stereocenters. The van der Waals surface area contributed by atoms with Crippen molar-refractivity contribution in [2.24, 2.45) is 0 Å². The number of aromatic amines is 1. The maximum absolute atomic E-state index is 10.9. The van der Waals surface area contributed by atoms with Crippen molar-refractivity contribution in [3.05, 3.63) is 28.9 Å². The Balaban J connectivity index is 2.60. The van der Waals surface area contributed by atoms with Crippen molar-refractivity contribution in [1.29, 1.82) is 0 Å². The fourth-order valence-electron chi connectivity index (χ4n) is 1.41. The van der Waals surface area contributed by atoms with Crippen LogP contribution in [0.1, 0.15) is 6.92 Å². The molecule has 1 aromatic carbocycles. The largest absolute Gasteiger partial charge is 0.359 e. The maximum atomic E-state index is 10.9. The highest BCUT2D eigenvalue weighted by atomic mass is 79.9. The summed E-state index contributed by atoms with van der Waals surface area (Å²) in [4.78, 5) is 14.0. The first-order chi connectivity index (χ1) is 6.68. The number of amides is 1. The summed E-state index contributed by atoms with van der Waals surface area (Å²) in [6, 6.07) is 5.75. The van der Waals surface area contributed by atoms with Crippen molar-refractivity contribution < 1.29 is 4.79 Å². The van der Waals surface area contributed by atoms with Gasteiger partial charge in [-0.3, -0.25) is 4.79 Å². The third-order valence-electron chi connectivity index (χ3n) is 1.98. The second-order valence-electron chi connectivity index (χ2n) is 3.04. The summed E-state index contributed by atoms with van der Waals surface area (Å²) in [6.07, 6.45) is 1.85. The first-order valence-corrected chi connectivity index (χ1v) is 5.01. The summed E-state index contributed by atoms with van der Waals surface area (Å²) in [7, 11) is 0. The summed E-state index contributed by atoms with van der Waals surface area (Å²) >= 11 is 3.44. The quantitative estimate of drug-likeness (QED) is 0.806. The molecular weight excluding hydrogens is 244 g/mol. The molecular formula is C10H9BrN2O. The van der Waals surface area contributed by atoms with Gasteiger partial charge in [0.25, 0.3) is 0 Å². The Kier molecular flexibility index (Phi) is 2.29. The molecule has 1 amide bonds. The van der Waals surface area contributed by atoms with Gasteiger partial charge in [-0.25, -0.2) is 0 Å². The molecule has 0 atom stereocenters. The third kappa shape index (κ3) is 1.53. The number of carbonyl (C=O) groups is 1. The van der Waals surface area contributed by atoms with Crippen LogP contribution in [0.25, 0.3) is 10.9 Å². The normalized spacial score (nSPS) is 10.4. The van der Waals surface area contributed by atoms with E-state index in [9.17, 15) is 4.79 Å². The molecule has 0 spiro atoms. The molecule has 0 bridgehead atoms. The van der Waals surface area contributed by atoms with E-state index in [1.165, 1.54) is 6.92 Å². The second-order valence-corrected chi connectivity index (χ2v) is 3.90. The van der Waals surface area contributed by atoms with E-state index in [-0.39, 0.29) is 5.91 Å². The lowest BCUT2D eigenvalue weighted by molar-refractivity contribution is -0.114. The smallest absolute Gasteiger partial charge is 0.221 e. The van der Waals surface area contributed by atoms with Crippen LogP contribution < -0.4 is 5.32 Å². The summed E-state index contributed by atoms with van der Waals surface area (Å²) in [5, 5.41) is 3.84. The SMILES string of the molecule is CC(=O)Nc1ccc(Br)c2cc[nH]c12. The number of aromatic nitrogens is 1. The van der Waals surface area contributed by atoms with Gasteiger partial charge in [0.2, 0.25) is 5.91 Å². The zero-order valence-corrected chi connectivity index (χ0v) is 9.18. The molecule has 4 heteroatoms. The zero-order valence-electron chi connectivity index (χ0n) is 7.60. The van der Waals surface area contributed by atoms with Crippen LogP contribution in [0.4, 0.5) is 5.69 Å². The number of nitrogens with one attached hydrogen (secondary N) is 2. The highest BCUT2D eigenvalue weighted by Gasteiger charge is 2.05. The van der Waals surface area contributed by atoms with Gasteiger partial charge in [-0.2, -0.15) is 0 Å². The summed E-state index contributed by atoms with van der Waals surface area (Å²) in [6.45, 7) is 1.50. The van der Waals surface area contributed by atoms with Gasteiger partial charge < -0.3 is 10.3 Å². The summed E-state index contributed by atoms with van der Waals surface area (Å²) < 4.78 is 1.02. The van der Waals surface area contributed by atoms with Crippen molar-refractivity contribution >= 4 is 38.4 Å².